The van der Waals surface area contributed by atoms with Gasteiger partial charge in [-0.2, -0.15) is 0 Å². The normalized spacial score (nSPS) is 11.5. The van der Waals surface area contributed by atoms with E-state index in [0.717, 1.165) is 22.7 Å². The number of rotatable bonds is 1. The maximum atomic E-state index is 4.60. The van der Waals surface area contributed by atoms with Gasteiger partial charge in [-0.15, -0.1) is 5.10 Å². The molecule has 0 N–H and O–H groups in total. The van der Waals surface area contributed by atoms with Crippen molar-refractivity contribution in [1.29, 1.82) is 0 Å². The minimum atomic E-state index is 0.769. The average Bonchev–Trinajstić information content (AvgIpc) is 3.04. The Morgan fingerprint density at radius 1 is 1.05 bits per heavy atom. The lowest BCUT2D eigenvalue weighted by Crippen LogP contribution is -1.91. The molecule has 0 bridgehead atoms. The van der Waals surface area contributed by atoms with Crippen LogP contribution in [0.4, 0.5) is 0 Å². The van der Waals surface area contributed by atoms with Crippen LogP contribution in [0.25, 0.3) is 27.9 Å². The summed E-state index contributed by atoms with van der Waals surface area (Å²) in [5, 5.41) is 5.80. The van der Waals surface area contributed by atoms with Gasteiger partial charge in [0.2, 0.25) is 0 Å². The molecule has 0 atom stereocenters. The van der Waals surface area contributed by atoms with Gasteiger partial charge in [0.25, 0.3) is 0 Å². The highest BCUT2D eigenvalue weighted by molar-refractivity contribution is 5.84. The minimum absolute atomic E-state index is 0.769. The standard InChI is InChI=1S/C16H14N4/c1-11-4-3-5-15-17-16(18-20(11)15)13-6-7-14-12(10-13)8-9-19(14)2/h3-10H,1-2H3. The highest BCUT2D eigenvalue weighted by Gasteiger charge is 2.08. The number of pyridine rings is 1. The Balaban J connectivity index is 1.93. The molecule has 0 amide bonds. The fraction of sp³-hybridized carbons (Fsp3) is 0.125. The SMILES string of the molecule is Cc1cccc2nc(-c3ccc4c(ccn4C)c3)nn12. The molecule has 4 rings (SSSR count). The number of aryl methyl sites for hydroxylation is 2. The first-order valence-corrected chi connectivity index (χ1v) is 6.60. The van der Waals surface area contributed by atoms with Crippen LogP contribution < -0.4 is 0 Å². The van der Waals surface area contributed by atoms with Gasteiger partial charge in [-0.25, -0.2) is 9.50 Å². The van der Waals surface area contributed by atoms with Crippen LogP contribution >= 0.6 is 0 Å². The van der Waals surface area contributed by atoms with Gasteiger partial charge < -0.3 is 4.57 Å². The van der Waals surface area contributed by atoms with Gasteiger partial charge in [0.1, 0.15) is 0 Å². The van der Waals surface area contributed by atoms with Gasteiger partial charge in [-0.05, 0) is 43.3 Å². The summed E-state index contributed by atoms with van der Waals surface area (Å²) in [6.45, 7) is 2.03. The zero-order chi connectivity index (χ0) is 13.7. The molecule has 0 aliphatic rings. The molecule has 98 valence electrons. The third-order valence-electron chi connectivity index (χ3n) is 3.69. The number of hydrogen-bond donors (Lipinski definition) is 0. The van der Waals surface area contributed by atoms with Gasteiger partial charge in [-0.1, -0.05) is 6.07 Å². The van der Waals surface area contributed by atoms with E-state index < -0.39 is 0 Å². The summed E-state index contributed by atoms with van der Waals surface area (Å²) in [4.78, 5) is 4.60. The van der Waals surface area contributed by atoms with Gasteiger partial charge in [0.05, 0.1) is 0 Å². The highest BCUT2D eigenvalue weighted by Crippen LogP contribution is 2.23. The lowest BCUT2D eigenvalue weighted by atomic mass is 10.1. The Morgan fingerprint density at radius 2 is 1.95 bits per heavy atom. The molecule has 4 aromatic rings. The van der Waals surface area contributed by atoms with E-state index in [1.54, 1.807) is 0 Å². The van der Waals surface area contributed by atoms with Crippen molar-refractivity contribution in [3.05, 3.63) is 54.4 Å². The van der Waals surface area contributed by atoms with Crippen LogP contribution in [-0.4, -0.2) is 19.2 Å². The molecule has 0 aliphatic carbocycles. The van der Waals surface area contributed by atoms with Crippen molar-refractivity contribution in [2.45, 2.75) is 6.92 Å². The Morgan fingerprint density at radius 3 is 2.80 bits per heavy atom. The van der Waals surface area contributed by atoms with Gasteiger partial charge >= 0.3 is 0 Å². The van der Waals surface area contributed by atoms with E-state index in [0.29, 0.717) is 0 Å². The zero-order valence-electron chi connectivity index (χ0n) is 11.4. The Hall–Kier alpha value is -2.62. The lowest BCUT2D eigenvalue weighted by Gasteiger charge is -1.98. The second kappa shape index (κ2) is 3.93. The average molecular weight is 262 g/mol. The third kappa shape index (κ3) is 1.54. The first kappa shape index (κ1) is 11.2. The number of hydrogen-bond acceptors (Lipinski definition) is 2. The number of benzene rings is 1. The van der Waals surface area contributed by atoms with Crippen LogP contribution in [0.15, 0.2) is 48.7 Å². The van der Waals surface area contributed by atoms with Gasteiger partial charge in [0, 0.05) is 35.4 Å². The van der Waals surface area contributed by atoms with Crippen molar-refractivity contribution in [1.82, 2.24) is 19.2 Å². The number of aromatic nitrogens is 4. The predicted molar refractivity (Wildman–Crippen MR) is 79.6 cm³/mol. The summed E-state index contributed by atoms with van der Waals surface area (Å²) in [6, 6.07) is 14.5. The fourth-order valence-corrected chi connectivity index (χ4v) is 2.58. The van der Waals surface area contributed by atoms with E-state index in [4.69, 9.17) is 0 Å². The molecule has 3 aromatic heterocycles. The van der Waals surface area contributed by atoms with E-state index >= 15 is 0 Å². The first-order chi connectivity index (χ1) is 9.72. The van der Waals surface area contributed by atoms with Crippen LogP contribution in [0.1, 0.15) is 5.69 Å². The van der Waals surface area contributed by atoms with Crippen molar-refractivity contribution in [3.63, 3.8) is 0 Å². The second-order valence-electron chi connectivity index (χ2n) is 5.07. The molecular formula is C16H14N4. The quantitative estimate of drug-likeness (QED) is 0.528. The van der Waals surface area contributed by atoms with E-state index in [1.807, 2.05) is 29.6 Å². The minimum Gasteiger partial charge on any atom is -0.351 e. The summed E-state index contributed by atoms with van der Waals surface area (Å²) in [5.74, 6) is 0.769. The molecule has 0 aliphatic heterocycles. The van der Waals surface area contributed by atoms with Gasteiger partial charge in [0.15, 0.2) is 11.5 Å². The maximum Gasteiger partial charge on any atom is 0.182 e. The van der Waals surface area contributed by atoms with Crippen molar-refractivity contribution < 1.29 is 0 Å². The molecule has 3 heterocycles. The van der Waals surface area contributed by atoms with E-state index in [2.05, 4.69) is 52.2 Å². The monoisotopic (exact) mass is 262 g/mol. The fourth-order valence-electron chi connectivity index (χ4n) is 2.58. The zero-order valence-corrected chi connectivity index (χ0v) is 11.4. The van der Waals surface area contributed by atoms with E-state index in [9.17, 15) is 0 Å². The molecule has 0 saturated heterocycles. The molecular weight excluding hydrogens is 248 g/mol. The Bertz CT molecular complexity index is 930. The smallest absolute Gasteiger partial charge is 0.182 e. The van der Waals surface area contributed by atoms with Crippen LogP contribution in [0.3, 0.4) is 0 Å². The second-order valence-corrected chi connectivity index (χ2v) is 5.07. The van der Waals surface area contributed by atoms with Crippen molar-refractivity contribution in [3.8, 4) is 11.4 Å². The number of nitrogens with zero attached hydrogens (tertiary/aromatic N) is 4. The van der Waals surface area contributed by atoms with Crippen LogP contribution in [0, 0.1) is 6.92 Å². The van der Waals surface area contributed by atoms with Crippen molar-refractivity contribution >= 4 is 16.6 Å². The van der Waals surface area contributed by atoms with E-state index in [-0.39, 0.29) is 0 Å². The summed E-state index contributed by atoms with van der Waals surface area (Å²) in [5.41, 5.74) is 4.23. The summed E-state index contributed by atoms with van der Waals surface area (Å²) in [7, 11) is 2.05. The Kier molecular flexibility index (Phi) is 2.21. The van der Waals surface area contributed by atoms with E-state index in [1.165, 1.54) is 10.9 Å². The molecule has 1 aromatic carbocycles. The molecule has 4 heteroatoms. The van der Waals surface area contributed by atoms with Crippen molar-refractivity contribution in [2.75, 3.05) is 0 Å². The third-order valence-corrected chi connectivity index (χ3v) is 3.69. The molecule has 20 heavy (non-hydrogen) atoms. The molecule has 4 nitrogen and oxygen atoms in total. The van der Waals surface area contributed by atoms with Crippen LogP contribution in [0.5, 0.6) is 0 Å². The Labute approximate surface area is 116 Å². The number of fused-ring (bicyclic) bond motifs is 2. The first-order valence-electron chi connectivity index (χ1n) is 6.60. The summed E-state index contributed by atoms with van der Waals surface area (Å²) < 4.78 is 3.99. The molecule has 0 saturated carbocycles. The molecule has 0 unspecified atom stereocenters. The van der Waals surface area contributed by atoms with Crippen LogP contribution in [-0.2, 0) is 7.05 Å². The van der Waals surface area contributed by atoms with Crippen LogP contribution in [0.2, 0.25) is 0 Å². The molecule has 0 fully saturated rings. The van der Waals surface area contributed by atoms with Crippen molar-refractivity contribution in [2.24, 2.45) is 7.05 Å². The topological polar surface area (TPSA) is 35.1 Å². The maximum absolute atomic E-state index is 4.60. The summed E-state index contributed by atoms with van der Waals surface area (Å²) in [6.07, 6.45) is 2.07. The lowest BCUT2D eigenvalue weighted by molar-refractivity contribution is 0.918. The largest absolute Gasteiger partial charge is 0.351 e. The molecule has 0 spiro atoms. The summed E-state index contributed by atoms with van der Waals surface area (Å²) >= 11 is 0. The predicted octanol–water partition coefficient (Wildman–Crippen LogP) is 3.20. The van der Waals surface area contributed by atoms with Gasteiger partial charge in [-0.3, -0.25) is 0 Å². The highest BCUT2D eigenvalue weighted by atomic mass is 15.3. The molecule has 0 radical (unpaired) electrons.